The lowest BCUT2D eigenvalue weighted by Gasteiger charge is -2.36. The summed E-state index contributed by atoms with van der Waals surface area (Å²) in [7, 11) is 0. The Hall–Kier alpha value is -1.29. The highest BCUT2D eigenvalue weighted by atomic mass is 19.1. The van der Waals surface area contributed by atoms with Gasteiger partial charge in [-0.2, -0.15) is 0 Å². The molecule has 0 radical (unpaired) electrons. The van der Waals surface area contributed by atoms with E-state index in [1.54, 1.807) is 12.1 Å². The van der Waals surface area contributed by atoms with Crippen molar-refractivity contribution in [3.8, 4) is 0 Å². The van der Waals surface area contributed by atoms with Gasteiger partial charge in [0.05, 0.1) is 11.3 Å². The molecular formula is C11H15FN2O. The number of anilines is 2. The lowest BCUT2D eigenvalue weighted by molar-refractivity contribution is -0.0202. The van der Waals surface area contributed by atoms with E-state index in [0.717, 1.165) is 19.3 Å². The van der Waals surface area contributed by atoms with Crippen molar-refractivity contribution < 1.29 is 9.50 Å². The topological polar surface area (TPSA) is 58.3 Å². The third kappa shape index (κ3) is 2.21. The highest BCUT2D eigenvalue weighted by molar-refractivity contribution is 5.52. The number of hydrogen-bond donors (Lipinski definition) is 3. The summed E-state index contributed by atoms with van der Waals surface area (Å²) in [5.74, 6) is -0.377. The van der Waals surface area contributed by atoms with Crippen molar-refractivity contribution in [2.75, 3.05) is 17.6 Å². The molecule has 3 nitrogen and oxygen atoms in total. The number of nitrogen functional groups attached to an aromatic ring is 1. The molecule has 1 fully saturated rings. The van der Waals surface area contributed by atoms with Gasteiger partial charge < -0.3 is 16.2 Å². The molecule has 0 aliphatic heterocycles. The standard InChI is InChI=1S/C11H15FN2O/c12-9-6-8(13)2-3-10(9)14-7-11(15)4-1-5-11/h2-3,6,14-15H,1,4-5,7,13H2. The maximum Gasteiger partial charge on any atom is 0.148 e. The molecule has 0 unspecified atom stereocenters. The molecule has 0 amide bonds. The molecule has 1 saturated carbocycles. The molecular weight excluding hydrogens is 195 g/mol. The predicted octanol–water partition coefficient (Wildman–Crippen LogP) is 1.73. The van der Waals surface area contributed by atoms with Crippen molar-refractivity contribution in [1.29, 1.82) is 0 Å². The first kappa shape index (κ1) is 10.2. The molecule has 4 heteroatoms. The van der Waals surface area contributed by atoms with Gasteiger partial charge in [0.2, 0.25) is 0 Å². The van der Waals surface area contributed by atoms with Crippen LogP contribution in [0.4, 0.5) is 15.8 Å². The van der Waals surface area contributed by atoms with Gasteiger partial charge in [0, 0.05) is 12.2 Å². The van der Waals surface area contributed by atoms with Crippen molar-refractivity contribution in [2.24, 2.45) is 0 Å². The first-order valence-electron chi connectivity index (χ1n) is 5.10. The molecule has 4 N–H and O–H groups in total. The molecule has 15 heavy (non-hydrogen) atoms. The van der Waals surface area contributed by atoms with Crippen LogP contribution in [-0.4, -0.2) is 17.3 Å². The normalized spacial score (nSPS) is 18.3. The number of halogens is 1. The number of rotatable bonds is 3. The molecule has 0 aromatic heterocycles. The Morgan fingerprint density at radius 1 is 1.47 bits per heavy atom. The van der Waals surface area contributed by atoms with Crippen LogP contribution < -0.4 is 11.1 Å². The summed E-state index contributed by atoms with van der Waals surface area (Å²) in [5, 5.41) is 12.7. The molecule has 1 aliphatic carbocycles. The van der Waals surface area contributed by atoms with E-state index in [4.69, 9.17) is 5.73 Å². The Balaban J connectivity index is 1.98. The summed E-state index contributed by atoms with van der Waals surface area (Å²) in [5.41, 5.74) is 5.58. The second kappa shape index (κ2) is 3.70. The zero-order chi connectivity index (χ0) is 10.9. The Morgan fingerprint density at radius 2 is 2.20 bits per heavy atom. The van der Waals surface area contributed by atoms with Crippen LogP contribution in [0, 0.1) is 5.82 Å². The predicted molar refractivity (Wildman–Crippen MR) is 58.1 cm³/mol. The summed E-state index contributed by atoms with van der Waals surface area (Å²) in [4.78, 5) is 0. The van der Waals surface area contributed by atoms with Crippen molar-refractivity contribution in [3.63, 3.8) is 0 Å². The summed E-state index contributed by atoms with van der Waals surface area (Å²) in [6.45, 7) is 0.397. The maximum absolute atomic E-state index is 13.3. The fourth-order valence-corrected chi connectivity index (χ4v) is 1.70. The van der Waals surface area contributed by atoms with Crippen LogP contribution in [0.1, 0.15) is 19.3 Å². The molecule has 0 heterocycles. The summed E-state index contributed by atoms with van der Waals surface area (Å²) in [6, 6.07) is 4.50. The van der Waals surface area contributed by atoms with Gasteiger partial charge in [-0.25, -0.2) is 4.39 Å². The Bertz CT molecular complexity index is 364. The number of hydrogen-bond acceptors (Lipinski definition) is 3. The monoisotopic (exact) mass is 210 g/mol. The van der Waals surface area contributed by atoms with Gasteiger partial charge in [-0.05, 0) is 37.5 Å². The summed E-state index contributed by atoms with van der Waals surface area (Å²) >= 11 is 0. The molecule has 0 atom stereocenters. The fraction of sp³-hybridized carbons (Fsp3) is 0.455. The lowest BCUT2D eigenvalue weighted by atomic mass is 9.80. The third-order valence-electron chi connectivity index (χ3n) is 2.89. The SMILES string of the molecule is Nc1ccc(NCC2(O)CCC2)c(F)c1. The van der Waals surface area contributed by atoms with E-state index in [9.17, 15) is 9.50 Å². The van der Waals surface area contributed by atoms with Crippen molar-refractivity contribution in [2.45, 2.75) is 24.9 Å². The quantitative estimate of drug-likeness (QED) is 0.666. The smallest absolute Gasteiger partial charge is 0.148 e. The van der Waals surface area contributed by atoms with E-state index in [1.807, 2.05) is 0 Å². The average molecular weight is 210 g/mol. The molecule has 2 rings (SSSR count). The highest BCUT2D eigenvalue weighted by Gasteiger charge is 2.34. The van der Waals surface area contributed by atoms with Gasteiger partial charge in [0.1, 0.15) is 5.82 Å². The number of aliphatic hydroxyl groups is 1. The van der Waals surface area contributed by atoms with Crippen LogP contribution in [0.3, 0.4) is 0 Å². The Labute approximate surface area is 88.1 Å². The number of nitrogens with two attached hydrogens (primary N) is 1. The second-order valence-electron chi connectivity index (χ2n) is 4.17. The van der Waals surface area contributed by atoms with Crippen LogP contribution in [0.5, 0.6) is 0 Å². The molecule has 0 bridgehead atoms. The van der Waals surface area contributed by atoms with Gasteiger partial charge in [-0.15, -0.1) is 0 Å². The van der Waals surface area contributed by atoms with E-state index in [0.29, 0.717) is 17.9 Å². The second-order valence-corrected chi connectivity index (χ2v) is 4.17. The van der Waals surface area contributed by atoms with Crippen molar-refractivity contribution in [1.82, 2.24) is 0 Å². The first-order valence-corrected chi connectivity index (χ1v) is 5.10. The molecule has 1 aromatic rings. The van der Waals surface area contributed by atoms with E-state index >= 15 is 0 Å². The largest absolute Gasteiger partial charge is 0.399 e. The number of benzene rings is 1. The average Bonchev–Trinajstić information content (AvgIpc) is 2.14. The van der Waals surface area contributed by atoms with Crippen LogP contribution in [0.2, 0.25) is 0 Å². The van der Waals surface area contributed by atoms with Gasteiger partial charge in [-0.3, -0.25) is 0 Å². The van der Waals surface area contributed by atoms with Crippen LogP contribution >= 0.6 is 0 Å². The molecule has 0 saturated heterocycles. The maximum atomic E-state index is 13.3. The van der Waals surface area contributed by atoms with Gasteiger partial charge >= 0.3 is 0 Å². The van der Waals surface area contributed by atoms with Gasteiger partial charge in [0.15, 0.2) is 0 Å². The van der Waals surface area contributed by atoms with Gasteiger partial charge in [0.25, 0.3) is 0 Å². The minimum absolute atomic E-state index is 0.377. The fourth-order valence-electron chi connectivity index (χ4n) is 1.70. The lowest BCUT2D eigenvalue weighted by Crippen LogP contribution is -2.43. The van der Waals surface area contributed by atoms with E-state index < -0.39 is 5.60 Å². The number of nitrogens with one attached hydrogen (secondary N) is 1. The minimum Gasteiger partial charge on any atom is -0.399 e. The summed E-state index contributed by atoms with van der Waals surface area (Å²) in [6.07, 6.45) is 2.62. The summed E-state index contributed by atoms with van der Waals surface area (Å²) < 4.78 is 13.3. The zero-order valence-corrected chi connectivity index (χ0v) is 8.46. The zero-order valence-electron chi connectivity index (χ0n) is 8.46. The minimum atomic E-state index is -0.645. The molecule has 0 spiro atoms. The molecule has 1 aromatic carbocycles. The van der Waals surface area contributed by atoms with E-state index in [1.165, 1.54) is 6.07 Å². The third-order valence-corrected chi connectivity index (χ3v) is 2.89. The van der Waals surface area contributed by atoms with Crippen molar-refractivity contribution >= 4 is 11.4 Å². The molecule has 1 aliphatic rings. The highest BCUT2D eigenvalue weighted by Crippen LogP contribution is 2.31. The van der Waals surface area contributed by atoms with Crippen LogP contribution in [-0.2, 0) is 0 Å². The van der Waals surface area contributed by atoms with E-state index in [-0.39, 0.29) is 5.82 Å². The van der Waals surface area contributed by atoms with E-state index in [2.05, 4.69) is 5.32 Å². The van der Waals surface area contributed by atoms with Crippen LogP contribution in [0.15, 0.2) is 18.2 Å². The van der Waals surface area contributed by atoms with Crippen LogP contribution in [0.25, 0.3) is 0 Å². The van der Waals surface area contributed by atoms with Crippen molar-refractivity contribution in [3.05, 3.63) is 24.0 Å². The Morgan fingerprint density at radius 3 is 2.73 bits per heavy atom. The molecule has 82 valence electrons. The first-order chi connectivity index (χ1) is 7.09. The van der Waals surface area contributed by atoms with Gasteiger partial charge in [-0.1, -0.05) is 0 Å². The Kier molecular flexibility index (Phi) is 2.52.